The van der Waals surface area contributed by atoms with E-state index >= 15 is 0 Å². The van der Waals surface area contributed by atoms with Crippen LogP contribution in [0.1, 0.15) is 13.8 Å². The minimum Gasteiger partial charge on any atom is -0.196 e. The average Bonchev–Trinajstić information content (AvgIpc) is 1.90. The van der Waals surface area contributed by atoms with E-state index in [1.165, 1.54) is 11.8 Å². The summed E-state index contributed by atoms with van der Waals surface area (Å²) in [6.07, 6.45) is 1.86. The normalized spacial score (nSPS) is 13.8. The van der Waals surface area contributed by atoms with Gasteiger partial charge >= 0.3 is 0 Å². The maximum Gasteiger partial charge on any atom is 0.192 e. The zero-order valence-corrected chi connectivity index (χ0v) is 7.10. The van der Waals surface area contributed by atoms with Gasteiger partial charge in [0.15, 0.2) is 6.04 Å². The summed E-state index contributed by atoms with van der Waals surface area (Å²) < 4.78 is -0.365. The number of nitriles is 1. The lowest BCUT2D eigenvalue weighted by molar-refractivity contribution is 0.633. The van der Waals surface area contributed by atoms with E-state index in [1.54, 1.807) is 0 Å². The summed E-state index contributed by atoms with van der Waals surface area (Å²) in [6, 6.07) is 1.10. The summed E-state index contributed by atoms with van der Waals surface area (Å²) in [5.41, 5.74) is 0. The highest BCUT2D eigenvalue weighted by molar-refractivity contribution is 8.00. The van der Waals surface area contributed by atoms with Crippen LogP contribution in [0.15, 0.2) is 5.18 Å². The molecule has 0 heterocycles. The summed E-state index contributed by atoms with van der Waals surface area (Å²) in [5.74, 6) is 0. The molecule has 0 aromatic carbocycles. The molecule has 56 valence electrons. The zero-order chi connectivity index (χ0) is 8.20. The van der Waals surface area contributed by atoms with E-state index in [0.717, 1.165) is 0 Å². The molecule has 0 aromatic heterocycles. The van der Waals surface area contributed by atoms with Crippen molar-refractivity contribution in [1.82, 2.24) is 0 Å². The molecule has 1 atom stereocenters. The van der Waals surface area contributed by atoms with Crippen molar-refractivity contribution >= 4 is 11.8 Å². The highest BCUT2D eigenvalue weighted by Gasteiger charge is 2.29. The van der Waals surface area contributed by atoms with Gasteiger partial charge in [-0.25, -0.2) is 0 Å². The first-order valence-electron chi connectivity index (χ1n) is 2.85. The van der Waals surface area contributed by atoms with Gasteiger partial charge in [0.25, 0.3) is 0 Å². The van der Waals surface area contributed by atoms with Crippen LogP contribution < -0.4 is 0 Å². The van der Waals surface area contributed by atoms with Crippen LogP contribution in [0.5, 0.6) is 0 Å². The van der Waals surface area contributed by atoms with Gasteiger partial charge in [-0.05, 0) is 25.3 Å². The molecule has 0 amide bonds. The van der Waals surface area contributed by atoms with Crippen molar-refractivity contribution in [3.8, 4) is 6.07 Å². The molecule has 0 fully saturated rings. The van der Waals surface area contributed by atoms with E-state index in [1.807, 2.05) is 26.2 Å². The van der Waals surface area contributed by atoms with Crippen LogP contribution >= 0.6 is 11.8 Å². The molecule has 0 aromatic rings. The number of hydrogen-bond donors (Lipinski definition) is 0. The molecule has 0 aliphatic heterocycles. The number of rotatable bonds is 3. The van der Waals surface area contributed by atoms with Crippen LogP contribution in [-0.2, 0) is 0 Å². The fourth-order valence-electron chi connectivity index (χ4n) is 0.418. The molecule has 1 unspecified atom stereocenters. The quantitative estimate of drug-likeness (QED) is 0.588. The monoisotopic (exact) mass is 158 g/mol. The van der Waals surface area contributed by atoms with Crippen LogP contribution in [-0.4, -0.2) is 17.0 Å². The van der Waals surface area contributed by atoms with E-state index in [9.17, 15) is 4.91 Å². The van der Waals surface area contributed by atoms with Crippen molar-refractivity contribution in [2.24, 2.45) is 5.18 Å². The number of thioether (sulfide) groups is 1. The second-order valence-corrected chi connectivity index (χ2v) is 3.91. The third-order valence-electron chi connectivity index (χ3n) is 1.41. The lowest BCUT2D eigenvalue weighted by Crippen LogP contribution is -2.29. The number of nitrogens with zero attached hydrogens (tertiary/aromatic N) is 2. The zero-order valence-electron chi connectivity index (χ0n) is 6.29. The summed E-state index contributed by atoms with van der Waals surface area (Å²) in [6.45, 7) is 3.65. The van der Waals surface area contributed by atoms with Gasteiger partial charge in [0.2, 0.25) is 0 Å². The largest absolute Gasteiger partial charge is 0.196 e. The minimum atomic E-state index is -0.748. The first-order chi connectivity index (χ1) is 4.58. The Morgan fingerprint density at radius 2 is 2.20 bits per heavy atom. The van der Waals surface area contributed by atoms with Gasteiger partial charge in [-0.1, -0.05) is 0 Å². The SMILES string of the molecule is CSC(C)(C)C(C#N)N=O. The summed E-state index contributed by atoms with van der Waals surface area (Å²) in [5, 5.41) is 11.2. The van der Waals surface area contributed by atoms with E-state index in [0.29, 0.717) is 0 Å². The van der Waals surface area contributed by atoms with Gasteiger partial charge in [0, 0.05) is 4.75 Å². The molecule has 0 aliphatic rings. The summed E-state index contributed by atoms with van der Waals surface area (Å²) in [4.78, 5) is 10.1. The predicted octanol–water partition coefficient (Wildman–Crippen LogP) is 1.79. The van der Waals surface area contributed by atoms with Crippen LogP contribution in [0.25, 0.3) is 0 Å². The number of hydrogen-bond acceptors (Lipinski definition) is 4. The van der Waals surface area contributed by atoms with Crippen molar-refractivity contribution < 1.29 is 0 Å². The lowest BCUT2D eigenvalue weighted by Gasteiger charge is -2.21. The second kappa shape index (κ2) is 3.57. The van der Waals surface area contributed by atoms with E-state index in [4.69, 9.17) is 5.26 Å². The Bertz CT molecular complexity index is 162. The van der Waals surface area contributed by atoms with Crippen LogP contribution in [0.2, 0.25) is 0 Å². The Kier molecular flexibility index (Phi) is 3.37. The van der Waals surface area contributed by atoms with Gasteiger partial charge in [0.1, 0.15) is 0 Å². The molecule has 10 heavy (non-hydrogen) atoms. The van der Waals surface area contributed by atoms with Crippen molar-refractivity contribution in [3.63, 3.8) is 0 Å². The number of nitroso groups, excluding NO2 is 1. The Balaban J connectivity index is 4.29. The highest BCUT2D eigenvalue weighted by Crippen LogP contribution is 2.26. The molecule has 0 radical (unpaired) electrons. The Labute approximate surface area is 64.8 Å². The van der Waals surface area contributed by atoms with Crippen LogP contribution in [0.3, 0.4) is 0 Å². The fourth-order valence-corrected chi connectivity index (χ4v) is 0.737. The predicted molar refractivity (Wildman–Crippen MR) is 42.8 cm³/mol. The maximum atomic E-state index is 10.1. The van der Waals surface area contributed by atoms with Gasteiger partial charge < -0.3 is 0 Å². The van der Waals surface area contributed by atoms with Crippen molar-refractivity contribution in [3.05, 3.63) is 4.91 Å². The second-order valence-electron chi connectivity index (χ2n) is 2.44. The van der Waals surface area contributed by atoms with Crippen molar-refractivity contribution in [2.45, 2.75) is 24.6 Å². The molecule has 0 rings (SSSR count). The first-order valence-corrected chi connectivity index (χ1v) is 4.08. The molecule has 4 heteroatoms. The molecule has 0 spiro atoms. The Morgan fingerprint density at radius 3 is 2.30 bits per heavy atom. The summed E-state index contributed by atoms with van der Waals surface area (Å²) in [7, 11) is 0. The first kappa shape index (κ1) is 9.44. The van der Waals surface area contributed by atoms with Crippen LogP contribution in [0, 0.1) is 16.2 Å². The van der Waals surface area contributed by atoms with Crippen molar-refractivity contribution in [2.75, 3.05) is 6.26 Å². The van der Waals surface area contributed by atoms with E-state index in [2.05, 4.69) is 5.18 Å². The van der Waals surface area contributed by atoms with Gasteiger partial charge in [-0.2, -0.15) is 17.0 Å². The Hall–Kier alpha value is -0.560. The standard InChI is InChI=1S/C6H10N2OS/c1-6(2,10-3)5(4-7)8-9/h5H,1-3H3. The maximum absolute atomic E-state index is 10.1. The minimum absolute atomic E-state index is 0.365. The average molecular weight is 158 g/mol. The molecule has 0 saturated heterocycles. The van der Waals surface area contributed by atoms with E-state index < -0.39 is 6.04 Å². The summed E-state index contributed by atoms with van der Waals surface area (Å²) >= 11 is 1.47. The molecular weight excluding hydrogens is 148 g/mol. The molecule has 0 N–H and O–H groups in total. The topological polar surface area (TPSA) is 53.2 Å². The molecule has 0 saturated carbocycles. The lowest BCUT2D eigenvalue weighted by atomic mass is 10.1. The highest BCUT2D eigenvalue weighted by atomic mass is 32.2. The van der Waals surface area contributed by atoms with Crippen LogP contribution in [0.4, 0.5) is 0 Å². The fraction of sp³-hybridized carbons (Fsp3) is 0.833. The Morgan fingerprint density at radius 1 is 1.70 bits per heavy atom. The van der Waals surface area contributed by atoms with Crippen molar-refractivity contribution in [1.29, 1.82) is 5.26 Å². The van der Waals surface area contributed by atoms with Gasteiger partial charge in [-0.3, -0.25) is 0 Å². The third kappa shape index (κ3) is 1.99. The molecular formula is C6H10N2OS. The third-order valence-corrected chi connectivity index (χ3v) is 2.69. The van der Waals surface area contributed by atoms with Gasteiger partial charge in [0.05, 0.1) is 6.07 Å². The molecule has 0 bridgehead atoms. The van der Waals surface area contributed by atoms with Gasteiger partial charge in [-0.15, -0.1) is 4.91 Å². The molecule has 0 aliphatic carbocycles. The molecule has 3 nitrogen and oxygen atoms in total. The smallest absolute Gasteiger partial charge is 0.192 e. The van der Waals surface area contributed by atoms with E-state index in [-0.39, 0.29) is 4.75 Å².